The van der Waals surface area contributed by atoms with Crippen molar-refractivity contribution in [1.29, 1.82) is 0 Å². The molecule has 2 aromatic carbocycles. The van der Waals surface area contributed by atoms with Crippen LogP contribution < -0.4 is 26.7 Å². The van der Waals surface area contributed by atoms with Gasteiger partial charge in [0.05, 0.1) is 23.6 Å². The number of nitrogens with zero attached hydrogens (tertiary/aromatic N) is 3. The van der Waals surface area contributed by atoms with E-state index in [-0.39, 0.29) is 11.9 Å². The normalized spacial score (nSPS) is 12.0. The van der Waals surface area contributed by atoms with Gasteiger partial charge < -0.3 is 36.7 Å². The van der Waals surface area contributed by atoms with Crippen molar-refractivity contribution in [2.45, 2.75) is 18.9 Å². The zero-order chi connectivity index (χ0) is 30.7. The predicted molar refractivity (Wildman–Crippen MR) is 155 cm³/mol. The number of pyridine rings is 1. The van der Waals surface area contributed by atoms with Crippen LogP contribution in [0.2, 0.25) is 0 Å². The summed E-state index contributed by atoms with van der Waals surface area (Å²) in [4.78, 5) is 31.1. The number of nitrogens with two attached hydrogens (primary N) is 2. The van der Waals surface area contributed by atoms with E-state index in [1.807, 2.05) is 67.0 Å². The first kappa shape index (κ1) is 33.2. The molecule has 1 aromatic heterocycles. The average Bonchev–Trinajstić information content (AvgIpc) is 2.91. The van der Waals surface area contributed by atoms with Crippen molar-refractivity contribution in [3.8, 4) is 0 Å². The van der Waals surface area contributed by atoms with E-state index in [9.17, 15) is 27.7 Å². The van der Waals surface area contributed by atoms with E-state index >= 15 is 0 Å². The molecule has 1 unspecified atom stereocenters. The van der Waals surface area contributed by atoms with Crippen molar-refractivity contribution in [1.82, 2.24) is 10.2 Å². The van der Waals surface area contributed by atoms with Gasteiger partial charge in [-0.25, -0.2) is 13.2 Å². The van der Waals surface area contributed by atoms with Gasteiger partial charge in [-0.2, -0.15) is 4.57 Å². The summed E-state index contributed by atoms with van der Waals surface area (Å²) in [6.07, 6.45) is 0.825. The van der Waals surface area contributed by atoms with Crippen molar-refractivity contribution in [3.05, 3.63) is 48.0 Å². The van der Waals surface area contributed by atoms with Gasteiger partial charge in [0.25, 0.3) is 5.91 Å². The molecule has 0 saturated carbocycles. The van der Waals surface area contributed by atoms with Crippen LogP contribution in [0.3, 0.4) is 0 Å². The largest absolute Gasteiger partial charge is 0.726 e. The number of anilines is 1. The number of amides is 1. The summed E-state index contributed by atoms with van der Waals surface area (Å²) in [6.45, 7) is 1.58. The lowest BCUT2D eigenvalue weighted by molar-refractivity contribution is -0.617. The van der Waals surface area contributed by atoms with E-state index < -0.39 is 22.4 Å². The molecule has 0 aliphatic carbocycles. The lowest BCUT2D eigenvalue weighted by Crippen LogP contribution is -2.36. The summed E-state index contributed by atoms with van der Waals surface area (Å²) in [5, 5.41) is 17.8. The highest BCUT2D eigenvalue weighted by Gasteiger charge is 2.26. The summed E-state index contributed by atoms with van der Waals surface area (Å²) < 4.78 is 33.0. The number of aryl methyl sites for hydroxylation is 1. The molecule has 1 amide bonds. The molecule has 0 aliphatic heterocycles. The minimum Gasteiger partial charge on any atom is -0.726 e. The molecule has 3 aromatic rings. The minimum atomic E-state index is -4.41. The number of carboxylic acid groups (broad SMARTS) is 1. The Bertz CT molecular complexity index is 1510. The first-order valence-corrected chi connectivity index (χ1v) is 13.9. The second-order valence-electron chi connectivity index (χ2n) is 9.27. The predicted octanol–water partition coefficient (Wildman–Crippen LogP) is 0.121. The SMILES string of the molecule is CN(C)CCNC(=O)c1cccc2c(NC(CCCN=C(N)N)C(=O)O)c3ccccc3[n+](C)c12.COS(=O)(=O)[O-]. The number of guanidine groups is 1. The number of para-hydroxylation sites is 2. The van der Waals surface area contributed by atoms with E-state index in [0.29, 0.717) is 37.2 Å². The van der Waals surface area contributed by atoms with Crippen LogP contribution in [0.15, 0.2) is 47.5 Å². The molecule has 14 nitrogen and oxygen atoms in total. The van der Waals surface area contributed by atoms with Gasteiger partial charge in [0.1, 0.15) is 18.7 Å². The van der Waals surface area contributed by atoms with Crippen LogP contribution in [0.4, 0.5) is 5.69 Å². The van der Waals surface area contributed by atoms with Crippen molar-refractivity contribution >= 4 is 55.7 Å². The Morgan fingerprint density at radius 3 is 2.37 bits per heavy atom. The highest BCUT2D eigenvalue weighted by Crippen LogP contribution is 2.32. The molecule has 0 spiro atoms. The van der Waals surface area contributed by atoms with Gasteiger partial charge in [0, 0.05) is 25.7 Å². The molecule has 1 atom stereocenters. The Labute approximate surface area is 238 Å². The van der Waals surface area contributed by atoms with Crippen LogP contribution in [0.25, 0.3) is 21.8 Å². The second kappa shape index (κ2) is 15.1. The monoisotopic (exact) mass is 591 g/mol. The molecular weight excluding hydrogens is 554 g/mol. The standard InChI is InChI=1S/C25H33N7O3.CH4O4S/c1-31(2)15-14-28-23(33)18-10-6-9-17-21(16-8-4-5-12-20(16)32(3)22(17)18)30-19(24(34)35)11-7-13-29-25(26)27;1-5-6(2,3)4/h4-6,8-10,12,19H,7,11,13-15H2,1-3H3,(H6,26,27,28,29,33,34,35);1H3,(H,2,3,4). The number of carboxylic acids is 1. The number of carbonyl (C=O) groups excluding carboxylic acids is 1. The summed E-state index contributed by atoms with van der Waals surface area (Å²) in [6, 6.07) is 12.4. The van der Waals surface area contributed by atoms with Crippen LogP contribution >= 0.6 is 0 Å². The fourth-order valence-corrected chi connectivity index (χ4v) is 4.11. The molecule has 0 saturated heterocycles. The van der Waals surface area contributed by atoms with Crippen LogP contribution in [-0.4, -0.2) is 87.7 Å². The lowest BCUT2D eigenvalue weighted by atomic mass is 10.0. The zero-order valence-corrected chi connectivity index (χ0v) is 24.3. The first-order valence-electron chi connectivity index (χ1n) is 12.6. The number of benzene rings is 2. The van der Waals surface area contributed by atoms with Crippen molar-refractivity contribution in [3.63, 3.8) is 0 Å². The molecule has 0 fully saturated rings. The third kappa shape index (κ3) is 9.82. The highest BCUT2D eigenvalue weighted by molar-refractivity contribution is 7.80. The molecule has 1 heterocycles. The number of aliphatic imine (C=N–C) groups is 1. The third-order valence-electron chi connectivity index (χ3n) is 6.03. The van der Waals surface area contributed by atoms with E-state index in [0.717, 1.165) is 35.5 Å². The molecule has 7 N–H and O–H groups in total. The second-order valence-corrected chi connectivity index (χ2v) is 10.4. The Hall–Kier alpha value is -4.05. The number of rotatable bonds is 12. The third-order valence-corrected chi connectivity index (χ3v) is 6.44. The number of likely N-dealkylation sites (N-methyl/N-ethyl adjacent to an activating group) is 1. The summed E-state index contributed by atoms with van der Waals surface area (Å²) in [5.74, 6) is -1.17. The molecule has 0 aliphatic rings. The Balaban J connectivity index is 0.000000883. The van der Waals surface area contributed by atoms with Crippen LogP contribution in [-0.2, 0) is 26.4 Å². The van der Waals surface area contributed by atoms with Gasteiger partial charge in [-0.3, -0.25) is 14.0 Å². The Morgan fingerprint density at radius 2 is 1.78 bits per heavy atom. The number of fused-ring (bicyclic) bond motifs is 2. The van der Waals surface area contributed by atoms with E-state index in [4.69, 9.17) is 11.5 Å². The first-order chi connectivity index (χ1) is 19.3. The molecule has 3 rings (SSSR count). The highest BCUT2D eigenvalue weighted by atomic mass is 32.3. The van der Waals surface area contributed by atoms with Gasteiger partial charge in [0.15, 0.2) is 5.96 Å². The molecule has 224 valence electrons. The number of hydrogen-bond acceptors (Lipinski definition) is 9. The Morgan fingerprint density at radius 1 is 1.15 bits per heavy atom. The molecule has 41 heavy (non-hydrogen) atoms. The molecule has 0 bridgehead atoms. The fraction of sp³-hybridized carbons (Fsp3) is 0.385. The number of aromatic nitrogens is 1. The summed E-state index contributed by atoms with van der Waals surface area (Å²) in [7, 11) is 2.21. The van der Waals surface area contributed by atoms with Crippen molar-refractivity contribution in [2.75, 3.05) is 46.2 Å². The van der Waals surface area contributed by atoms with Crippen LogP contribution in [0.5, 0.6) is 0 Å². The molecule has 0 radical (unpaired) electrons. The molecular formula is C26H37N7O7S. The Kier molecular flexibility index (Phi) is 12.2. The fourth-order valence-electron chi connectivity index (χ4n) is 4.11. The van der Waals surface area contributed by atoms with E-state index in [1.165, 1.54) is 0 Å². The van der Waals surface area contributed by atoms with Crippen LogP contribution in [0, 0.1) is 0 Å². The van der Waals surface area contributed by atoms with Gasteiger partial charge in [-0.1, -0.05) is 18.2 Å². The van der Waals surface area contributed by atoms with Crippen LogP contribution in [0.1, 0.15) is 23.2 Å². The maximum absolute atomic E-state index is 13.1. The van der Waals surface area contributed by atoms with Crippen molar-refractivity contribution < 1.29 is 36.4 Å². The average molecular weight is 592 g/mol. The maximum atomic E-state index is 13.1. The van der Waals surface area contributed by atoms with Gasteiger partial charge in [-0.15, -0.1) is 0 Å². The smallest absolute Gasteiger partial charge is 0.326 e. The summed E-state index contributed by atoms with van der Waals surface area (Å²) in [5.41, 5.74) is 13.5. The number of nitrogens with one attached hydrogen (secondary N) is 2. The van der Waals surface area contributed by atoms with E-state index in [1.54, 1.807) is 6.07 Å². The lowest BCUT2D eigenvalue weighted by Gasteiger charge is -2.19. The number of carbonyl (C=O) groups is 2. The van der Waals surface area contributed by atoms with Gasteiger partial charge in [-0.05, 0) is 45.1 Å². The zero-order valence-electron chi connectivity index (χ0n) is 23.5. The minimum absolute atomic E-state index is 0.0197. The molecule has 15 heteroatoms. The van der Waals surface area contributed by atoms with E-state index in [2.05, 4.69) is 19.8 Å². The number of aliphatic carboxylic acids is 1. The summed E-state index contributed by atoms with van der Waals surface area (Å²) >= 11 is 0. The maximum Gasteiger partial charge on any atom is 0.326 e. The number of hydrogen-bond donors (Lipinski definition) is 5. The quantitative estimate of drug-likeness (QED) is 0.0362. The van der Waals surface area contributed by atoms with Gasteiger partial charge >= 0.3 is 5.97 Å². The topological polar surface area (TPSA) is 216 Å². The van der Waals surface area contributed by atoms with Crippen molar-refractivity contribution in [2.24, 2.45) is 23.5 Å². The van der Waals surface area contributed by atoms with Gasteiger partial charge in [0.2, 0.25) is 21.4 Å².